The van der Waals surface area contributed by atoms with Crippen molar-refractivity contribution in [3.63, 3.8) is 0 Å². The fraction of sp³-hybridized carbons (Fsp3) is 0.250. The highest BCUT2D eigenvalue weighted by Gasteiger charge is 2.01. The molecule has 0 aromatic carbocycles. The first-order chi connectivity index (χ1) is 6.27. The second-order valence-electron chi connectivity index (χ2n) is 3.01. The van der Waals surface area contributed by atoms with Gasteiger partial charge in [0.2, 0.25) is 0 Å². The summed E-state index contributed by atoms with van der Waals surface area (Å²) in [6, 6.07) is 0. The van der Waals surface area contributed by atoms with Crippen molar-refractivity contribution >= 4 is 5.71 Å². The maximum absolute atomic E-state index is 4.40. The SMILES string of the molecule is C=CC1=C/C(C)=CCC/N=C\1C=C. The van der Waals surface area contributed by atoms with E-state index >= 15 is 0 Å². The first-order valence-electron chi connectivity index (χ1n) is 4.46. The smallest absolute Gasteiger partial charge is 0.0640 e. The third-order valence-corrected chi connectivity index (χ3v) is 1.97. The maximum Gasteiger partial charge on any atom is 0.0640 e. The summed E-state index contributed by atoms with van der Waals surface area (Å²) < 4.78 is 0. The van der Waals surface area contributed by atoms with E-state index in [-0.39, 0.29) is 0 Å². The second-order valence-corrected chi connectivity index (χ2v) is 3.01. The van der Waals surface area contributed by atoms with Gasteiger partial charge >= 0.3 is 0 Å². The van der Waals surface area contributed by atoms with Crippen molar-refractivity contribution in [1.82, 2.24) is 0 Å². The molecule has 1 rings (SSSR count). The van der Waals surface area contributed by atoms with Gasteiger partial charge in [-0.1, -0.05) is 37.0 Å². The predicted octanol–water partition coefficient (Wildman–Crippen LogP) is 3.08. The van der Waals surface area contributed by atoms with Gasteiger partial charge in [-0.05, 0) is 25.0 Å². The highest BCUT2D eigenvalue weighted by Crippen LogP contribution is 2.10. The fourth-order valence-electron chi connectivity index (χ4n) is 1.29. The van der Waals surface area contributed by atoms with Crippen LogP contribution in [0, 0.1) is 0 Å². The van der Waals surface area contributed by atoms with E-state index in [1.165, 1.54) is 5.57 Å². The van der Waals surface area contributed by atoms with Crippen molar-refractivity contribution in [2.45, 2.75) is 13.3 Å². The monoisotopic (exact) mass is 173 g/mol. The summed E-state index contributed by atoms with van der Waals surface area (Å²) in [6.07, 6.45) is 8.89. The number of rotatable bonds is 2. The average Bonchev–Trinajstić information content (AvgIpc) is 2.11. The van der Waals surface area contributed by atoms with Crippen molar-refractivity contribution in [1.29, 1.82) is 0 Å². The molecule has 0 N–H and O–H groups in total. The molecular formula is C12H15N. The van der Waals surface area contributed by atoms with Gasteiger partial charge in [0, 0.05) is 6.54 Å². The molecule has 0 aromatic rings. The molecule has 13 heavy (non-hydrogen) atoms. The predicted molar refractivity (Wildman–Crippen MR) is 59.2 cm³/mol. The van der Waals surface area contributed by atoms with Crippen LogP contribution < -0.4 is 0 Å². The van der Waals surface area contributed by atoms with Crippen LogP contribution in [0.1, 0.15) is 13.3 Å². The Bertz CT molecular complexity index is 303. The van der Waals surface area contributed by atoms with Crippen LogP contribution in [-0.4, -0.2) is 12.3 Å². The summed E-state index contributed by atoms with van der Waals surface area (Å²) in [6.45, 7) is 10.4. The van der Waals surface area contributed by atoms with E-state index in [0.717, 1.165) is 24.3 Å². The standard InChI is InChI=1S/C12H15N/c1-4-11-9-10(3)7-6-8-13-12(11)5-2/h4-5,7,9H,1-2,6,8H2,3H3/b10-7?,11-9-,13-12-. The van der Waals surface area contributed by atoms with Crippen molar-refractivity contribution < 1.29 is 0 Å². The third-order valence-electron chi connectivity index (χ3n) is 1.97. The topological polar surface area (TPSA) is 12.4 Å². The molecule has 1 heterocycles. The molecule has 0 atom stereocenters. The van der Waals surface area contributed by atoms with E-state index in [0.29, 0.717) is 0 Å². The lowest BCUT2D eigenvalue weighted by Gasteiger charge is -2.06. The lowest BCUT2D eigenvalue weighted by molar-refractivity contribution is 0.996. The van der Waals surface area contributed by atoms with Crippen molar-refractivity contribution in [3.8, 4) is 0 Å². The Morgan fingerprint density at radius 3 is 2.77 bits per heavy atom. The van der Waals surface area contributed by atoms with E-state index in [4.69, 9.17) is 0 Å². The number of hydrogen-bond acceptors (Lipinski definition) is 1. The Kier molecular flexibility index (Phi) is 3.44. The first kappa shape index (κ1) is 9.72. The van der Waals surface area contributed by atoms with Crippen LogP contribution in [0.4, 0.5) is 0 Å². The Labute approximate surface area is 79.9 Å². The lowest BCUT2D eigenvalue weighted by Crippen LogP contribution is -2.00. The largest absolute Gasteiger partial charge is 0.284 e. The third kappa shape index (κ3) is 2.55. The van der Waals surface area contributed by atoms with Gasteiger partial charge in [-0.3, -0.25) is 4.99 Å². The molecule has 0 bridgehead atoms. The highest BCUT2D eigenvalue weighted by molar-refractivity contribution is 6.10. The summed E-state index contributed by atoms with van der Waals surface area (Å²) in [5, 5.41) is 0. The van der Waals surface area contributed by atoms with Crippen molar-refractivity contribution in [2.75, 3.05) is 6.54 Å². The Morgan fingerprint density at radius 2 is 2.15 bits per heavy atom. The van der Waals surface area contributed by atoms with Crippen LogP contribution in [0.3, 0.4) is 0 Å². The molecule has 0 aromatic heterocycles. The van der Waals surface area contributed by atoms with Crippen LogP contribution in [0.25, 0.3) is 0 Å². The summed E-state index contributed by atoms with van der Waals surface area (Å²) in [5.41, 5.74) is 3.27. The van der Waals surface area contributed by atoms with Gasteiger partial charge in [0.25, 0.3) is 0 Å². The first-order valence-corrected chi connectivity index (χ1v) is 4.46. The zero-order chi connectivity index (χ0) is 9.68. The lowest BCUT2D eigenvalue weighted by atomic mass is 10.1. The molecule has 1 aliphatic rings. The highest BCUT2D eigenvalue weighted by atomic mass is 14.7. The molecule has 0 unspecified atom stereocenters. The quantitative estimate of drug-likeness (QED) is 0.608. The molecule has 0 amide bonds. The van der Waals surface area contributed by atoms with E-state index in [9.17, 15) is 0 Å². The summed E-state index contributed by atoms with van der Waals surface area (Å²) in [7, 11) is 0. The van der Waals surface area contributed by atoms with E-state index in [1.54, 1.807) is 6.08 Å². The van der Waals surface area contributed by atoms with Crippen LogP contribution in [0.5, 0.6) is 0 Å². The van der Waals surface area contributed by atoms with E-state index < -0.39 is 0 Å². The molecule has 1 heteroatoms. The Balaban J connectivity index is 3.08. The number of nitrogens with zero attached hydrogens (tertiary/aromatic N) is 1. The van der Waals surface area contributed by atoms with Crippen molar-refractivity contribution in [3.05, 3.63) is 48.6 Å². The van der Waals surface area contributed by atoms with Gasteiger partial charge in [-0.2, -0.15) is 0 Å². The summed E-state index contributed by atoms with van der Waals surface area (Å²) in [4.78, 5) is 4.40. The van der Waals surface area contributed by atoms with Gasteiger partial charge in [-0.25, -0.2) is 0 Å². The Morgan fingerprint density at radius 1 is 1.38 bits per heavy atom. The van der Waals surface area contributed by atoms with Gasteiger partial charge in [-0.15, -0.1) is 0 Å². The van der Waals surface area contributed by atoms with E-state index in [2.05, 4.69) is 37.2 Å². The molecule has 1 nitrogen and oxygen atoms in total. The van der Waals surface area contributed by atoms with Crippen LogP contribution >= 0.6 is 0 Å². The minimum atomic E-state index is 0.837. The molecule has 0 saturated carbocycles. The number of allylic oxidation sites excluding steroid dienone is 5. The van der Waals surface area contributed by atoms with Crippen LogP contribution in [-0.2, 0) is 0 Å². The van der Waals surface area contributed by atoms with Gasteiger partial charge in [0.15, 0.2) is 0 Å². The molecule has 0 spiro atoms. The van der Waals surface area contributed by atoms with Gasteiger partial charge in [0.1, 0.15) is 0 Å². The summed E-state index contributed by atoms with van der Waals surface area (Å²) >= 11 is 0. The number of hydrogen-bond donors (Lipinski definition) is 0. The normalized spacial score (nSPS) is 25.5. The zero-order valence-corrected chi connectivity index (χ0v) is 8.09. The zero-order valence-electron chi connectivity index (χ0n) is 8.09. The van der Waals surface area contributed by atoms with Crippen LogP contribution in [0.15, 0.2) is 53.6 Å². The minimum absolute atomic E-state index is 0.837. The molecule has 1 aliphatic heterocycles. The minimum Gasteiger partial charge on any atom is -0.284 e. The average molecular weight is 173 g/mol. The van der Waals surface area contributed by atoms with Crippen molar-refractivity contribution in [2.24, 2.45) is 4.99 Å². The molecular weight excluding hydrogens is 158 g/mol. The maximum atomic E-state index is 4.40. The fourth-order valence-corrected chi connectivity index (χ4v) is 1.29. The Hall–Kier alpha value is -1.37. The van der Waals surface area contributed by atoms with Crippen LogP contribution in [0.2, 0.25) is 0 Å². The second kappa shape index (κ2) is 4.61. The molecule has 0 aliphatic carbocycles. The van der Waals surface area contributed by atoms with E-state index in [1.807, 2.05) is 6.08 Å². The molecule has 68 valence electrons. The molecule has 0 saturated heterocycles. The van der Waals surface area contributed by atoms with Gasteiger partial charge in [0.05, 0.1) is 5.71 Å². The molecule has 0 fully saturated rings. The summed E-state index contributed by atoms with van der Waals surface area (Å²) in [5.74, 6) is 0. The molecule has 0 radical (unpaired) electrons. The number of aliphatic imine (C=N–C) groups is 1. The van der Waals surface area contributed by atoms with Gasteiger partial charge < -0.3 is 0 Å².